The van der Waals surface area contributed by atoms with E-state index < -0.39 is 17.6 Å². The van der Waals surface area contributed by atoms with E-state index in [0.717, 1.165) is 12.3 Å². The van der Waals surface area contributed by atoms with Crippen molar-refractivity contribution in [2.24, 2.45) is 5.73 Å². The van der Waals surface area contributed by atoms with Crippen LogP contribution in [0.3, 0.4) is 0 Å². The Kier molecular flexibility index (Phi) is 6.91. The highest BCUT2D eigenvalue weighted by atomic mass is 19.4. The fourth-order valence-corrected chi connectivity index (χ4v) is 3.58. The minimum absolute atomic E-state index is 0.1000. The summed E-state index contributed by atoms with van der Waals surface area (Å²) >= 11 is 0. The van der Waals surface area contributed by atoms with Crippen LogP contribution in [0.25, 0.3) is 11.4 Å². The maximum atomic E-state index is 14.0. The van der Waals surface area contributed by atoms with Gasteiger partial charge in [-0.3, -0.25) is 4.79 Å². The molecule has 2 fully saturated rings. The Morgan fingerprint density at radius 1 is 1.00 bits per heavy atom. The fourth-order valence-electron chi connectivity index (χ4n) is 3.58. The van der Waals surface area contributed by atoms with Crippen molar-refractivity contribution < 1.29 is 27.4 Å². The maximum Gasteiger partial charge on any atom is 0.417 e. The van der Waals surface area contributed by atoms with Gasteiger partial charge < -0.3 is 30.3 Å². The summed E-state index contributed by atoms with van der Waals surface area (Å²) < 4.78 is 52.7. The van der Waals surface area contributed by atoms with E-state index in [4.69, 9.17) is 15.2 Å². The Labute approximate surface area is 187 Å². The van der Waals surface area contributed by atoms with Crippen molar-refractivity contribution in [3.63, 3.8) is 0 Å². The highest BCUT2D eigenvalue weighted by Crippen LogP contribution is 2.38. The van der Waals surface area contributed by atoms with Crippen molar-refractivity contribution in [3.05, 3.63) is 23.9 Å². The molecule has 0 aliphatic carbocycles. The molecule has 178 valence electrons. The molecule has 0 unspecified atom stereocenters. The second kappa shape index (κ2) is 9.85. The van der Waals surface area contributed by atoms with E-state index in [1.54, 1.807) is 6.07 Å². The van der Waals surface area contributed by atoms with Gasteiger partial charge in [0, 0.05) is 38.4 Å². The molecular formula is C20H24F3N7O3. The summed E-state index contributed by atoms with van der Waals surface area (Å²) in [7, 11) is 0. The summed E-state index contributed by atoms with van der Waals surface area (Å²) in [6.45, 7) is 3.86. The molecule has 4 rings (SSSR count). The first kappa shape index (κ1) is 23.1. The average molecular weight is 467 g/mol. The zero-order valence-electron chi connectivity index (χ0n) is 17.8. The summed E-state index contributed by atoms with van der Waals surface area (Å²) in [5.74, 6) is 0.0247. The van der Waals surface area contributed by atoms with Gasteiger partial charge in [-0.05, 0) is 6.07 Å². The zero-order chi connectivity index (χ0) is 23.4. The number of aromatic nitrogens is 3. The smallest absolute Gasteiger partial charge is 0.378 e. The average Bonchev–Trinajstić information content (AvgIpc) is 2.84. The third-order valence-corrected chi connectivity index (χ3v) is 5.27. The van der Waals surface area contributed by atoms with Crippen molar-refractivity contribution in [1.29, 1.82) is 0 Å². The molecule has 2 saturated heterocycles. The van der Waals surface area contributed by atoms with Gasteiger partial charge in [0.2, 0.25) is 5.91 Å². The number of amides is 1. The van der Waals surface area contributed by atoms with Gasteiger partial charge in [-0.15, -0.1) is 0 Å². The van der Waals surface area contributed by atoms with Gasteiger partial charge in [0.05, 0.1) is 44.1 Å². The van der Waals surface area contributed by atoms with E-state index in [0.29, 0.717) is 64.2 Å². The van der Waals surface area contributed by atoms with Crippen LogP contribution in [0, 0.1) is 0 Å². The molecule has 2 aliphatic heterocycles. The number of carbonyl (C=O) groups excluding carboxylic acids is 1. The number of ether oxygens (including phenoxy) is 2. The Morgan fingerprint density at radius 2 is 1.55 bits per heavy atom. The number of morpholine rings is 2. The van der Waals surface area contributed by atoms with E-state index >= 15 is 0 Å². The molecule has 13 heteroatoms. The number of alkyl halides is 3. The van der Waals surface area contributed by atoms with Gasteiger partial charge in [-0.2, -0.15) is 13.2 Å². The van der Waals surface area contributed by atoms with Crippen LogP contribution in [-0.4, -0.2) is 80.0 Å². The van der Waals surface area contributed by atoms with Crippen LogP contribution >= 0.6 is 0 Å². The summed E-state index contributed by atoms with van der Waals surface area (Å²) in [5, 5.41) is 2.25. The molecule has 1 amide bonds. The van der Waals surface area contributed by atoms with Crippen LogP contribution in [0.2, 0.25) is 0 Å². The van der Waals surface area contributed by atoms with Crippen LogP contribution in [-0.2, 0) is 20.4 Å². The quantitative estimate of drug-likeness (QED) is 0.667. The highest BCUT2D eigenvalue weighted by Gasteiger charge is 2.36. The molecule has 2 aliphatic rings. The van der Waals surface area contributed by atoms with E-state index in [-0.39, 0.29) is 23.8 Å². The molecule has 0 bridgehead atoms. The first-order chi connectivity index (χ1) is 15.8. The van der Waals surface area contributed by atoms with Gasteiger partial charge in [0.1, 0.15) is 17.5 Å². The summed E-state index contributed by atoms with van der Waals surface area (Å²) in [6, 6.07) is 2.54. The second-order valence-electron chi connectivity index (χ2n) is 7.47. The number of nitrogens with one attached hydrogen (secondary N) is 1. The lowest BCUT2D eigenvalue weighted by molar-refractivity contribution is -0.137. The van der Waals surface area contributed by atoms with Gasteiger partial charge in [0.25, 0.3) is 0 Å². The normalized spacial score (nSPS) is 17.2. The molecule has 3 N–H and O–H groups in total. The van der Waals surface area contributed by atoms with Gasteiger partial charge in [-0.25, -0.2) is 15.0 Å². The first-order valence-corrected chi connectivity index (χ1v) is 10.5. The second-order valence-corrected chi connectivity index (χ2v) is 7.47. The van der Waals surface area contributed by atoms with Crippen LogP contribution < -0.4 is 20.9 Å². The molecule has 0 spiro atoms. The predicted octanol–water partition coefficient (Wildman–Crippen LogP) is 1.13. The molecule has 33 heavy (non-hydrogen) atoms. The van der Waals surface area contributed by atoms with E-state index in [9.17, 15) is 18.0 Å². The van der Waals surface area contributed by atoms with Crippen LogP contribution in [0.5, 0.6) is 0 Å². The van der Waals surface area contributed by atoms with Gasteiger partial charge >= 0.3 is 6.18 Å². The Hall–Kier alpha value is -3.03. The molecule has 10 nitrogen and oxygen atoms in total. The number of rotatable bonds is 5. The van der Waals surface area contributed by atoms with Crippen molar-refractivity contribution in [3.8, 4) is 11.4 Å². The Bertz CT molecular complexity index is 957. The standard InChI is InChI=1S/C20H24F3N7O3/c21-20(22,23)14-9-15(26-18(31)11-24)25-12-13(14)19-27-16(29-1-5-32-6-2-29)10-17(28-19)30-3-7-33-8-4-30/h9-10,12H,1-8,11,24H2,(H,25,26,31). The third kappa shape index (κ3) is 5.49. The van der Waals surface area contributed by atoms with Crippen molar-refractivity contribution >= 4 is 23.4 Å². The monoisotopic (exact) mass is 467 g/mol. The lowest BCUT2D eigenvalue weighted by Crippen LogP contribution is -2.39. The lowest BCUT2D eigenvalue weighted by Gasteiger charge is -2.31. The molecule has 4 heterocycles. The van der Waals surface area contributed by atoms with E-state index in [1.807, 2.05) is 9.80 Å². The molecule has 2 aromatic rings. The minimum Gasteiger partial charge on any atom is -0.378 e. The summed E-state index contributed by atoms with van der Waals surface area (Å²) in [5.41, 5.74) is 3.95. The predicted molar refractivity (Wildman–Crippen MR) is 114 cm³/mol. The molecular weight excluding hydrogens is 443 g/mol. The summed E-state index contributed by atoms with van der Waals surface area (Å²) in [4.78, 5) is 28.3. The number of carbonyl (C=O) groups is 1. The van der Waals surface area contributed by atoms with Crippen LogP contribution in [0.15, 0.2) is 18.3 Å². The fraction of sp³-hybridized carbons (Fsp3) is 0.500. The minimum atomic E-state index is -4.72. The Morgan fingerprint density at radius 3 is 2.03 bits per heavy atom. The zero-order valence-corrected chi connectivity index (χ0v) is 17.8. The van der Waals surface area contributed by atoms with Gasteiger partial charge in [0.15, 0.2) is 5.82 Å². The van der Waals surface area contributed by atoms with Gasteiger partial charge in [-0.1, -0.05) is 0 Å². The summed E-state index contributed by atoms with van der Waals surface area (Å²) in [6.07, 6.45) is -3.70. The third-order valence-electron chi connectivity index (χ3n) is 5.27. The van der Waals surface area contributed by atoms with Crippen LogP contribution in [0.1, 0.15) is 5.56 Å². The molecule has 0 saturated carbocycles. The van der Waals surface area contributed by atoms with E-state index in [2.05, 4.69) is 20.3 Å². The number of halogens is 3. The largest absolute Gasteiger partial charge is 0.417 e. The number of nitrogens with zero attached hydrogens (tertiary/aromatic N) is 5. The maximum absolute atomic E-state index is 14.0. The van der Waals surface area contributed by atoms with Crippen molar-refractivity contribution in [2.75, 3.05) is 74.3 Å². The number of hydrogen-bond acceptors (Lipinski definition) is 9. The molecule has 0 atom stereocenters. The number of nitrogens with two attached hydrogens (primary N) is 1. The van der Waals surface area contributed by atoms with Crippen molar-refractivity contribution in [1.82, 2.24) is 15.0 Å². The molecule has 2 aromatic heterocycles. The Balaban J connectivity index is 1.79. The van der Waals surface area contributed by atoms with E-state index in [1.165, 1.54) is 0 Å². The number of hydrogen-bond donors (Lipinski definition) is 2. The topological polar surface area (TPSA) is 119 Å². The first-order valence-electron chi connectivity index (χ1n) is 10.5. The number of pyridine rings is 1. The molecule has 0 radical (unpaired) electrons. The lowest BCUT2D eigenvalue weighted by atomic mass is 10.1. The van der Waals surface area contributed by atoms with Crippen LogP contribution in [0.4, 0.5) is 30.6 Å². The highest BCUT2D eigenvalue weighted by molar-refractivity contribution is 5.91. The molecule has 0 aromatic carbocycles. The number of anilines is 3. The van der Waals surface area contributed by atoms with Crippen molar-refractivity contribution in [2.45, 2.75) is 6.18 Å². The SMILES string of the molecule is NCC(=O)Nc1cc(C(F)(F)F)c(-c2nc(N3CCOCC3)cc(N3CCOCC3)n2)cn1.